The van der Waals surface area contributed by atoms with Crippen LogP contribution in [0, 0.1) is 0 Å². The van der Waals surface area contributed by atoms with E-state index >= 15 is 0 Å². The molecule has 0 saturated heterocycles. The summed E-state index contributed by atoms with van der Waals surface area (Å²) in [5.74, 6) is 1.97. The normalized spacial score (nSPS) is 12.7. The number of aromatic nitrogens is 2. The van der Waals surface area contributed by atoms with E-state index in [1.165, 1.54) is 12.8 Å². The van der Waals surface area contributed by atoms with Gasteiger partial charge >= 0.3 is 0 Å². The Morgan fingerprint density at radius 1 is 1.05 bits per heavy atom. The van der Waals surface area contributed by atoms with E-state index in [4.69, 9.17) is 10.7 Å². The third-order valence-electron chi connectivity index (χ3n) is 3.56. The molecule has 0 radical (unpaired) electrons. The molecule has 3 heteroatoms. The third-order valence-corrected chi connectivity index (χ3v) is 3.56. The van der Waals surface area contributed by atoms with E-state index in [-0.39, 0.29) is 0 Å². The lowest BCUT2D eigenvalue weighted by Gasteiger charge is -2.15. The van der Waals surface area contributed by atoms with Gasteiger partial charge in [-0.25, -0.2) is 9.97 Å². The number of hydrogen-bond donors (Lipinski definition) is 1. The zero-order chi connectivity index (χ0) is 13.7. The Balaban J connectivity index is 2.36. The number of nitrogen functional groups attached to an aromatic ring is 1. The first-order valence-corrected chi connectivity index (χ1v) is 7.28. The highest BCUT2D eigenvalue weighted by atomic mass is 15.0. The van der Waals surface area contributed by atoms with E-state index in [9.17, 15) is 0 Å². The molecule has 1 heterocycles. The van der Waals surface area contributed by atoms with E-state index in [2.05, 4.69) is 18.8 Å². The molecule has 2 rings (SSSR count). The van der Waals surface area contributed by atoms with Crippen molar-refractivity contribution >= 4 is 16.7 Å². The van der Waals surface area contributed by atoms with Crippen molar-refractivity contribution in [2.45, 2.75) is 51.9 Å². The van der Waals surface area contributed by atoms with E-state index in [0.29, 0.717) is 11.7 Å². The van der Waals surface area contributed by atoms with Crippen LogP contribution < -0.4 is 5.73 Å². The van der Waals surface area contributed by atoms with Crippen LogP contribution in [0.15, 0.2) is 24.3 Å². The number of hydrogen-bond acceptors (Lipinski definition) is 3. The monoisotopic (exact) mass is 257 g/mol. The fraction of sp³-hybridized carbons (Fsp3) is 0.500. The van der Waals surface area contributed by atoms with Crippen LogP contribution in [-0.4, -0.2) is 9.97 Å². The lowest BCUT2D eigenvalue weighted by Crippen LogP contribution is -2.07. The number of anilines is 1. The van der Waals surface area contributed by atoms with Gasteiger partial charge in [0.05, 0.1) is 5.52 Å². The maximum atomic E-state index is 6.07. The first kappa shape index (κ1) is 13.8. The van der Waals surface area contributed by atoms with Crippen molar-refractivity contribution < 1.29 is 0 Å². The molecule has 0 fully saturated rings. The number of nitrogens with zero attached hydrogens (tertiary/aromatic N) is 2. The molecule has 0 aliphatic carbocycles. The number of rotatable bonds is 6. The largest absolute Gasteiger partial charge is 0.383 e. The summed E-state index contributed by atoms with van der Waals surface area (Å²) in [7, 11) is 0. The smallest absolute Gasteiger partial charge is 0.135 e. The molecule has 3 nitrogen and oxygen atoms in total. The molecule has 1 atom stereocenters. The summed E-state index contributed by atoms with van der Waals surface area (Å²) in [6.07, 6.45) is 5.88. The van der Waals surface area contributed by atoms with E-state index < -0.39 is 0 Å². The quantitative estimate of drug-likeness (QED) is 0.840. The molecular formula is C16H23N3. The van der Waals surface area contributed by atoms with Crippen molar-refractivity contribution in [3.8, 4) is 0 Å². The van der Waals surface area contributed by atoms with Crippen LogP contribution in [0.4, 0.5) is 5.82 Å². The Labute approximate surface area is 115 Å². The fourth-order valence-electron chi connectivity index (χ4n) is 2.50. The number of benzene rings is 1. The summed E-state index contributed by atoms with van der Waals surface area (Å²) < 4.78 is 0. The molecule has 0 aliphatic rings. The van der Waals surface area contributed by atoms with Gasteiger partial charge in [0.15, 0.2) is 0 Å². The van der Waals surface area contributed by atoms with Gasteiger partial charge in [-0.3, -0.25) is 0 Å². The predicted octanol–water partition coefficient (Wildman–Crippen LogP) is 4.29. The summed E-state index contributed by atoms with van der Waals surface area (Å²) in [4.78, 5) is 9.26. The molecule has 0 spiro atoms. The Morgan fingerprint density at radius 2 is 1.84 bits per heavy atom. The molecule has 2 N–H and O–H groups in total. The van der Waals surface area contributed by atoms with Crippen LogP contribution in [0.1, 0.15) is 57.7 Å². The Hall–Kier alpha value is -1.64. The molecule has 2 aromatic rings. The number of fused-ring (bicyclic) bond motifs is 1. The summed E-state index contributed by atoms with van der Waals surface area (Å²) in [5, 5.41) is 0.956. The Morgan fingerprint density at radius 3 is 2.58 bits per heavy atom. The second kappa shape index (κ2) is 6.50. The predicted molar refractivity (Wildman–Crippen MR) is 81.1 cm³/mol. The van der Waals surface area contributed by atoms with E-state index in [1.54, 1.807) is 0 Å². The van der Waals surface area contributed by atoms with Gasteiger partial charge in [0.25, 0.3) is 0 Å². The van der Waals surface area contributed by atoms with Gasteiger partial charge in [-0.05, 0) is 25.0 Å². The van der Waals surface area contributed by atoms with Gasteiger partial charge in [0.2, 0.25) is 0 Å². The van der Waals surface area contributed by atoms with Gasteiger partial charge in [-0.15, -0.1) is 0 Å². The van der Waals surface area contributed by atoms with Crippen molar-refractivity contribution in [3.05, 3.63) is 30.1 Å². The topological polar surface area (TPSA) is 51.8 Å². The van der Waals surface area contributed by atoms with Crippen molar-refractivity contribution in [2.24, 2.45) is 0 Å². The molecule has 102 valence electrons. The van der Waals surface area contributed by atoms with Crippen molar-refractivity contribution in [1.82, 2.24) is 9.97 Å². The van der Waals surface area contributed by atoms with Gasteiger partial charge in [-0.1, -0.05) is 45.2 Å². The number of nitrogens with two attached hydrogens (primary N) is 1. The van der Waals surface area contributed by atoms with Crippen molar-refractivity contribution in [1.29, 1.82) is 0 Å². The van der Waals surface area contributed by atoms with Gasteiger partial charge in [0.1, 0.15) is 11.6 Å². The summed E-state index contributed by atoms with van der Waals surface area (Å²) >= 11 is 0. The first-order chi connectivity index (χ1) is 9.26. The third kappa shape index (κ3) is 3.22. The lowest BCUT2D eigenvalue weighted by atomic mass is 9.96. The van der Waals surface area contributed by atoms with Crippen molar-refractivity contribution in [2.75, 3.05) is 5.73 Å². The molecule has 1 aromatic carbocycles. The van der Waals surface area contributed by atoms with Crippen LogP contribution in [0.5, 0.6) is 0 Å². The maximum absolute atomic E-state index is 6.07. The van der Waals surface area contributed by atoms with Crippen LogP contribution >= 0.6 is 0 Å². The number of para-hydroxylation sites is 1. The molecular weight excluding hydrogens is 234 g/mol. The summed E-state index contributed by atoms with van der Waals surface area (Å²) in [5.41, 5.74) is 7.03. The minimum atomic E-state index is 0.442. The van der Waals surface area contributed by atoms with E-state index in [0.717, 1.165) is 36.0 Å². The molecule has 0 bridgehead atoms. The van der Waals surface area contributed by atoms with Crippen LogP contribution in [0.3, 0.4) is 0 Å². The lowest BCUT2D eigenvalue weighted by molar-refractivity contribution is 0.519. The molecule has 0 aliphatic heterocycles. The van der Waals surface area contributed by atoms with E-state index in [1.807, 2.05) is 24.3 Å². The average molecular weight is 257 g/mol. The first-order valence-electron chi connectivity index (χ1n) is 7.28. The Bertz CT molecular complexity index is 537. The minimum absolute atomic E-state index is 0.442. The molecule has 1 aromatic heterocycles. The minimum Gasteiger partial charge on any atom is -0.383 e. The average Bonchev–Trinajstić information content (AvgIpc) is 2.43. The summed E-state index contributed by atoms with van der Waals surface area (Å²) in [6, 6.07) is 7.97. The maximum Gasteiger partial charge on any atom is 0.135 e. The van der Waals surface area contributed by atoms with Gasteiger partial charge in [0, 0.05) is 11.3 Å². The second-order valence-electron chi connectivity index (χ2n) is 5.11. The molecule has 1 unspecified atom stereocenters. The van der Waals surface area contributed by atoms with Crippen LogP contribution in [-0.2, 0) is 0 Å². The van der Waals surface area contributed by atoms with Gasteiger partial charge < -0.3 is 5.73 Å². The second-order valence-corrected chi connectivity index (χ2v) is 5.11. The SMILES string of the molecule is CCCCC(CCC)c1nc(N)c2ccccc2n1. The highest BCUT2D eigenvalue weighted by Crippen LogP contribution is 2.27. The molecule has 0 saturated carbocycles. The highest BCUT2D eigenvalue weighted by molar-refractivity contribution is 5.87. The molecule has 19 heavy (non-hydrogen) atoms. The standard InChI is InChI=1S/C16H23N3/c1-3-5-9-12(8-4-2)16-18-14-11-7-6-10-13(14)15(17)19-16/h6-7,10-12H,3-5,8-9H2,1-2H3,(H2,17,18,19). The number of unbranched alkanes of at least 4 members (excludes halogenated alkanes) is 1. The van der Waals surface area contributed by atoms with Crippen molar-refractivity contribution in [3.63, 3.8) is 0 Å². The fourth-order valence-corrected chi connectivity index (χ4v) is 2.50. The zero-order valence-electron chi connectivity index (χ0n) is 11.9. The highest BCUT2D eigenvalue weighted by Gasteiger charge is 2.15. The molecule has 0 amide bonds. The van der Waals surface area contributed by atoms with Crippen LogP contribution in [0.2, 0.25) is 0 Å². The van der Waals surface area contributed by atoms with Gasteiger partial charge in [-0.2, -0.15) is 0 Å². The zero-order valence-corrected chi connectivity index (χ0v) is 11.9. The Kier molecular flexibility index (Phi) is 4.72. The van der Waals surface area contributed by atoms with Crippen LogP contribution in [0.25, 0.3) is 10.9 Å². The summed E-state index contributed by atoms with van der Waals surface area (Å²) in [6.45, 7) is 4.43.